The van der Waals surface area contributed by atoms with Crippen LogP contribution in [-0.4, -0.2) is 11.2 Å². The molecule has 0 aromatic rings. The van der Waals surface area contributed by atoms with Crippen molar-refractivity contribution in [3.63, 3.8) is 0 Å². The Balaban J connectivity index is 2.22. The molecular formula is C12H20O. The van der Waals surface area contributed by atoms with Crippen LogP contribution in [0, 0.1) is 23.7 Å². The molecular weight excluding hydrogens is 160 g/mol. The Morgan fingerprint density at radius 1 is 1.46 bits per heavy atom. The molecule has 0 bridgehead atoms. The number of aliphatic hydroxyl groups is 1. The van der Waals surface area contributed by atoms with Gasteiger partial charge < -0.3 is 5.11 Å². The van der Waals surface area contributed by atoms with Gasteiger partial charge in [0.1, 0.15) is 0 Å². The van der Waals surface area contributed by atoms with Crippen LogP contribution in [0.2, 0.25) is 0 Å². The fraction of sp³-hybridized carbons (Fsp3) is 0.833. The van der Waals surface area contributed by atoms with Gasteiger partial charge in [0.25, 0.3) is 0 Å². The standard InChI is InChI=1S/C12H20O/c1-3-4-5-6-12(13)11-8-7-10(2)9-11/h10-13H,5-9H2,1-2H3. The Morgan fingerprint density at radius 3 is 2.77 bits per heavy atom. The summed E-state index contributed by atoms with van der Waals surface area (Å²) >= 11 is 0. The molecule has 1 fully saturated rings. The molecule has 0 aromatic carbocycles. The van der Waals surface area contributed by atoms with E-state index in [9.17, 15) is 5.11 Å². The molecule has 1 saturated carbocycles. The zero-order valence-corrected chi connectivity index (χ0v) is 8.71. The second kappa shape index (κ2) is 5.29. The van der Waals surface area contributed by atoms with E-state index in [1.807, 2.05) is 6.92 Å². The van der Waals surface area contributed by atoms with Gasteiger partial charge in [0.05, 0.1) is 6.10 Å². The largest absolute Gasteiger partial charge is 0.393 e. The number of rotatable bonds is 3. The highest BCUT2D eigenvalue weighted by Gasteiger charge is 2.26. The zero-order chi connectivity index (χ0) is 9.68. The van der Waals surface area contributed by atoms with Gasteiger partial charge in [0.2, 0.25) is 0 Å². The first-order valence-corrected chi connectivity index (χ1v) is 5.31. The number of aliphatic hydroxyl groups excluding tert-OH is 1. The molecule has 0 radical (unpaired) electrons. The predicted molar refractivity (Wildman–Crippen MR) is 55.2 cm³/mol. The Bertz CT molecular complexity index is 199. The van der Waals surface area contributed by atoms with E-state index in [1.54, 1.807) is 0 Å². The SMILES string of the molecule is CC#CCCC(O)C1CCC(C)C1. The van der Waals surface area contributed by atoms with Gasteiger partial charge in [-0.3, -0.25) is 0 Å². The van der Waals surface area contributed by atoms with Crippen LogP contribution in [0.3, 0.4) is 0 Å². The Kier molecular flexibility index (Phi) is 4.32. The quantitative estimate of drug-likeness (QED) is 0.662. The highest BCUT2D eigenvalue weighted by atomic mass is 16.3. The molecule has 13 heavy (non-hydrogen) atoms. The summed E-state index contributed by atoms with van der Waals surface area (Å²) in [5.74, 6) is 7.23. The average Bonchev–Trinajstić information content (AvgIpc) is 2.52. The fourth-order valence-electron chi connectivity index (χ4n) is 2.18. The van der Waals surface area contributed by atoms with Gasteiger partial charge in [-0.15, -0.1) is 11.8 Å². The molecule has 1 nitrogen and oxygen atoms in total. The van der Waals surface area contributed by atoms with E-state index >= 15 is 0 Å². The van der Waals surface area contributed by atoms with Crippen LogP contribution < -0.4 is 0 Å². The van der Waals surface area contributed by atoms with Crippen molar-refractivity contribution in [3.05, 3.63) is 0 Å². The molecule has 3 atom stereocenters. The summed E-state index contributed by atoms with van der Waals surface area (Å²) < 4.78 is 0. The summed E-state index contributed by atoms with van der Waals surface area (Å²) in [6, 6.07) is 0. The van der Waals surface area contributed by atoms with Crippen LogP contribution in [0.5, 0.6) is 0 Å². The van der Waals surface area contributed by atoms with Crippen LogP contribution in [0.15, 0.2) is 0 Å². The first-order chi connectivity index (χ1) is 6.24. The fourth-order valence-corrected chi connectivity index (χ4v) is 2.18. The minimum Gasteiger partial charge on any atom is -0.393 e. The van der Waals surface area contributed by atoms with Gasteiger partial charge in [-0.1, -0.05) is 13.3 Å². The van der Waals surface area contributed by atoms with Crippen molar-refractivity contribution in [2.24, 2.45) is 11.8 Å². The maximum Gasteiger partial charge on any atom is 0.0577 e. The van der Waals surface area contributed by atoms with Gasteiger partial charge in [-0.05, 0) is 38.0 Å². The monoisotopic (exact) mass is 180 g/mol. The molecule has 0 spiro atoms. The molecule has 0 saturated heterocycles. The minimum atomic E-state index is -0.106. The molecule has 3 unspecified atom stereocenters. The van der Waals surface area contributed by atoms with Crippen molar-refractivity contribution in [2.45, 2.75) is 52.1 Å². The summed E-state index contributed by atoms with van der Waals surface area (Å²) in [6.07, 6.45) is 5.32. The van der Waals surface area contributed by atoms with Crippen LogP contribution in [0.4, 0.5) is 0 Å². The Hall–Kier alpha value is -0.480. The smallest absolute Gasteiger partial charge is 0.0577 e. The third kappa shape index (κ3) is 3.40. The molecule has 74 valence electrons. The second-order valence-electron chi connectivity index (χ2n) is 4.21. The lowest BCUT2D eigenvalue weighted by atomic mass is 9.96. The van der Waals surface area contributed by atoms with Crippen LogP contribution in [0.25, 0.3) is 0 Å². The average molecular weight is 180 g/mol. The molecule has 1 aliphatic rings. The van der Waals surface area contributed by atoms with Crippen molar-refractivity contribution in [1.29, 1.82) is 0 Å². The Morgan fingerprint density at radius 2 is 2.23 bits per heavy atom. The van der Waals surface area contributed by atoms with Crippen molar-refractivity contribution >= 4 is 0 Å². The van der Waals surface area contributed by atoms with E-state index in [2.05, 4.69) is 18.8 Å². The van der Waals surface area contributed by atoms with Crippen molar-refractivity contribution < 1.29 is 5.11 Å². The first-order valence-electron chi connectivity index (χ1n) is 5.31. The Labute approximate surface area is 81.5 Å². The van der Waals surface area contributed by atoms with E-state index < -0.39 is 0 Å². The van der Waals surface area contributed by atoms with Gasteiger partial charge in [0.15, 0.2) is 0 Å². The third-order valence-corrected chi connectivity index (χ3v) is 3.02. The molecule has 0 aromatic heterocycles. The lowest BCUT2D eigenvalue weighted by molar-refractivity contribution is 0.102. The molecule has 1 heteroatoms. The highest BCUT2D eigenvalue weighted by molar-refractivity contribution is 4.95. The molecule has 0 amide bonds. The second-order valence-corrected chi connectivity index (χ2v) is 4.21. The van der Waals surface area contributed by atoms with Crippen LogP contribution in [0.1, 0.15) is 46.0 Å². The highest BCUT2D eigenvalue weighted by Crippen LogP contribution is 2.33. The number of hydrogen-bond acceptors (Lipinski definition) is 1. The molecule has 1 rings (SSSR count). The van der Waals surface area contributed by atoms with Crippen LogP contribution >= 0.6 is 0 Å². The van der Waals surface area contributed by atoms with E-state index in [-0.39, 0.29) is 6.10 Å². The third-order valence-electron chi connectivity index (χ3n) is 3.02. The molecule has 0 aliphatic heterocycles. The van der Waals surface area contributed by atoms with Crippen molar-refractivity contribution in [1.82, 2.24) is 0 Å². The van der Waals surface area contributed by atoms with E-state index in [4.69, 9.17) is 0 Å². The summed E-state index contributed by atoms with van der Waals surface area (Å²) in [7, 11) is 0. The van der Waals surface area contributed by atoms with Gasteiger partial charge >= 0.3 is 0 Å². The van der Waals surface area contributed by atoms with Crippen molar-refractivity contribution in [2.75, 3.05) is 0 Å². The minimum absolute atomic E-state index is 0.106. The van der Waals surface area contributed by atoms with Crippen LogP contribution in [-0.2, 0) is 0 Å². The molecule has 0 heterocycles. The predicted octanol–water partition coefficient (Wildman–Crippen LogP) is 2.59. The molecule has 1 aliphatic carbocycles. The van der Waals surface area contributed by atoms with Crippen molar-refractivity contribution in [3.8, 4) is 11.8 Å². The lowest BCUT2D eigenvalue weighted by Crippen LogP contribution is -2.17. The number of hydrogen-bond donors (Lipinski definition) is 1. The summed E-state index contributed by atoms with van der Waals surface area (Å²) in [6.45, 7) is 4.13. The van der Waals surface area contributed by atoms with Gasteiger partial charge in [-0.2, -0.15) is 0 Å². The maximum absolute atomic E-state index is 9.83. The zero-order valence-electron chi connectivity index (χ0n) is 8.71. The molecule has 1 N–H and O–H groups in total. The normalized spacial score (nSPS) is 29.5. The first kappa shape index (κ1) is 10.6. The van der Waals surface area contributed by atoms with E-state index in [0.717, 1.165) is 18.8 Å². The maximum atomic E-state index is 9.83. The summed E-state index contributed by atoms with van der Waals surface area (Å²) in [5, 5.41) is 9.83. The summed E-state index contributed by atoms with van der Waals surface area (Å²) in [5.41, 5.74) is 0. The summed E-state index contributed by atoms with van der Waals surface area (Å²) in [4.78, 5) is 0. The lowest BCUT2D eigenvalue weighted by Gasteiger charge is -2.16. The van der Waals surface area contributed by atoms with Gasteiger partial charge in [-0.25, -0.2) is 0 Å². The van der Waals surface area contributed by atoms with E-state index in [0.29, 0.717) is 5.92 Å². The topological polar surface area (TPSA) is 20.2 Å². The van der Waals surface area contributed by atoms with Gasteiger partial charge in [0, 0.05) is 6.42 Å². The van der Waals surface area contributed by atoms with E-state index in [1.165, 1.54) is 19.3 Å².